The minimum Gasteiger partial charge on any atom is -0.467 e. The molecule has 1 aliphatic heterocycles. The highest BCUT2D eigenvalue weighted by molar-refractivity contribution is 5.79. The summed E-state index contributed by atoms with van der Waals surface area (Å²) in [5, 5.41) is 11.5. The lowest BCUT2D eigenvalue weighted by Crippen LogP contribution is -2.45. The molecule has 2 rings (SSSR count). The number of carbonyl (C=O) groups is 2. The van der Waals surface area contributed by atoms with E-state index in [4.69, 9.17) is 9.68 Å². The zero-order chi connectivity index (χ0) is 17.4. The molecule has 0 unspecified atom stereocenters. The molecule has 130 valence electrons. The second kappa shape index (κ2) is 9.08. The summed E-state index contributed by atoms with van der Waals surface area (Å²) in [5.74, 6) is 0.813. The van der Waals surface area contributed by atoms with E-state index in [1.54, 1.807) is 24.3 Å². The molecule has 7 nitrogen and oxygen atoms in total. The van der Waals surface area contributed by atoms with Gasteiger partial charge in [-0.3, -0.25) is 14.5 Å². The highest BCUT2D eigenvalue weighted by atomic mass is 16.3. The fourth-order valence-electron chi connectivity index (χ4n) is 2.92. The van der Waals surface area contributed by atoms with Crippen molar-refractivity contribution in [2.24, 2.45) is 5.92 Å². The summed E-state index contributed by atoms with van der Waals surface area (Å²) >= 11 is 0. The van der Waals surface area contributed by atoms with E-state index in [2.05, 4.69) is 16.3 Å². The van der Waals surface area contributed by atoms with E-state index in [1.807, 2.05) is 6.07 Å². The van der Waals surface area contributed by atoms with Crippen LogP contribution in [0.1, 0.15) is 25.0 Å². The molecule has 0 aliphatic carbocycles. The molecule has 1 fully saturated rings. The molecule has 7 heteroatoms. The van der Waals surface area contributed by atoms with Gasteiger partial charge in [0.05, 0.1) is 31.8 Å². The molecule has 0 bridgehead atoms. The number of likely N-dealkylation sites (tertiary alicyclic amines) is 1. The van der Waals surface area contributed by atoms with Gasteiger partial charge in [0.15, 0.2) is 0 Å². The SMILES string of the molecule is CNC(=O)C1CCN(CC(=O)N(CCC#N)Cc2ccco2)CC1. The van der Waals surface area contributed by atoms with Crippen molar-refractivity contribution in [1.82, 2.24) is 15.1 Å². The first kappa shape index (κ1) is 18.0. The van der Waals surface area contributed by atoms with E-state index in [-0.39, 0.29) is 17.7 Å². The van der Waals surface area contributed by atoms with Crippen LogP contribution in [0.25, 0.3) is 0 Å². The van der Waals surface area contributed by atoms with Crippen LogP contribution in [0.3, 0.4) is 0 Å². The zero-order valence-corrected chi connectivity index (χ0v) is 14.0. The van der Waals surface area contributed by atoms with E-state index >= 15 is 0 Å². The maximum atomic E-state index is 12.6. The number of furan rings is 1. The van der Waals surface area contributed by atoms with E-state index in [9.17, 15) is 9.59 Å². The molecular formula is C17H24N4O3. The highest BCUT2D eigenvalue weighted by Crippen LogP contribution is 2.17. The highest BCUT2D eigenvalue weighted by Gasteiger charge is 2.26. The number of hydrogen-bond acceptors (Lipinski definition) is 5. The van der Waals surface area contributed by atoms with Gasteiger partial charge >= 0.3 is 0 Å². The quantitative estimate of drug-likeness (QED) is 0.804. The number of nitriles is 1. The molecule has 2 amide bonds. The number of nitrogens with one attached hydrogen (secondary N) is 1. The maximum absolute atomic E-state index is 12.6. The van der Waals surface area contributed by atoms with Gasteiger partial charge in [-0.25, -0.2) is 0 Å². The van der Waals surface area contributed by atoms with Crippen molar-refractivity contribution in [2.45, 2.75) is 25.8 Å². The van der Waals surface area contributed by atoms with Gasteiger partial charge in [-0.1, -0.05) is 0 Å². The average molecular weight is 332 g/mol. The van der Waals surface area contributed by atoms with Crippen molar-refractivity contribution >= 4 is 11.8 Å². The number of piperidine rings is 1. The summed E-state index contributed by atoms with van der Waals surface area (Å²) in [6.07, 6.45) is 3.41. The van der Waals surface area contributed by atoms with Crippen molar-refractivity contribution in [3.8, 4) is 6.07 Å². The van der Waals surface area contributed by atoms with Gasteiger partial charge < -0.3 is 14.6 Å². The predicted octanol–water partition coefficient (Wildman–Crippen LogP) is 0.980. The van der Waals surface area contributed by atoms with Crippen molar-refractivity contribution in [2.75, 3.05) is 33.2 Å². The summed E-state index contributed by atoms with van der Waals surface area (Å²) < 4.78 is 5.30. The van der Waals surface area contributed by atoms with E-state index in [0.29, 0.717) is 31.8 Å². The van der Waals surface area contributed by atoms with Crippen LogP contribution < -0.4 is 5.32 Å². The van der Waals surface area contributed by atoms with E-state index in [0.717, 1.165) is 25.9 Å². The molecular weight excluding hydrogens is 308 g/mol. The van der Waals surface area contributed by atoms with Gasteiger partial charge in [0.2, 0.25) is 11.8 Å². The summed E-state index contributed by atoms with van der Waals surface area (Å²) in [7, 11) is 1.65. The molecule has 0 saturated carbocycles. The Bertz CT molecular complexity index is 571. The van der Waals surface area contributed by atoms with Gasteiger partial charge in [0, 0.05) is 19.5 Å². The Hall–Kier alpha value is -2.33. The zero-order valence-electron chi connectivity index (χ0n) is 14.0. The molecule has 1 aliphatic rings. The fraction of sp³-hybridized carbons (Fsp3) is 0.588. The molecule has 1 N–H and O–H groups in total. The van der Waals surface area contributed by atoms with Crippen LogP contribution in [-0.4, -0.2) is 54.8 Å². The Kier molecular flexibility index (Phi) is 6.82. The van der Waals surface area contributed by atoms with Gasteiger partial charge in [-0.15, -0.1) is 0 Å². The molecule has 1 saturated heterocycles. The molecule has 0 atom stereocenters. The Labute approximate surface area is 142 Å². The smallest absolute Gasteiger partial charge is 0.237 e. The summed E-state index contributed by atoms with van der Waals surface area (Å²) in [4.78, 5) is 28.0. The van der Waals surface area contributed by atoms with Crippen molar-refractivity contribution < 1.29 is 14.0 Å². The first-order chi connectivity index (χ1) is 11.6. The summed E-state index contributed by atoms with van der Waals surface area (Å²) in [6, 6.07) is 5.68. The molecule has 1 aromatic rings. The van der Waals surface area contributed by atoms with Crippen molar-refractivity contribution in [3.05, 3.63) is 24.2 Å². The van der Waals surface area contributed by atoms with Crippen LogP contribution in [0.15, 0.2) is 22.8 Å². The van der Waals surface area contributed by atoms with Gasteiger partial charge in [0.1, 0.15) is 5.76 Å². The number of nitrogens with zero attached hydrogens (tertiary/aromatic N) is 3. The number of carbonyl (C=O) groups excluding carboxylic acids is 2. The normalized spacial score (nSPS) is 15.7. The molecule has 0 spiro atoms. The van der Waals surface area contributed by atoms with Gasteiger partial charge in [-0.2, -0.15) is 5.26 Å². The summed E-state index contributed by atoms with van der Waals surface area (Å²) in [5.41, 5.74) is 0. The number of rotatable bonds is 7. The molecule has 2 heterocycles. The lowest BCUT2D eigenvalue weighted by molar-refractivity contribution is -0.133. The predicted molar refractivity (Wildman–Crippen MR) is 87.6 cm³/mol. The number of hydrogen-bond donors (Lipinski definition) is 1. The Balaban J connectivity index is 1.86. The fourth-order valence-corrected chi connectivity index (χ4v) is 2.92. The van der Waals surface area contributed by atoms with Crippen LogP contribution in [-0.2, 0) is 16.1 Å². The van der Waals surface area contributed by atoms with Crippen LogP contribution in [0.5, 0.6) is 0 Å². The summed E-state index contributed by atoms with van der Waals surface area (Å²) in [6.45, 7) is 2.55. The van der Waals surface area contributed by atoms with Crippen molar-refractivity contribution in [3.63, 3.8) is 0 Å². The number of amides is 2. The monoisotopic (exact) mass is 332 g/mol. The molecule has 24 heavy (non-hydrogen) atoms. The van der Waals surface area contributed by atoms with Gasteiger partial charge in [-0.05, 0) is 38.1 Å². The largest absolute Gasteiger partial charge is 0.467 e. The van der Waals surface area contributed by atoms with Gasteiger partial charge in [0.25, 0.3) is 0 Å². The molecule has 0 radical (unpaired) electrons. The minimum atomic E-state index is -0.0138. The van der Waals surface area contributed by atoms with Crippen LogP contribution in [0, 0.1) is 17.2 Å². The second-order valence-electron chi connectivity index (χ2n) is 5.97. The first-order valence-electron chi connectivity index (χ1n) is 8.25. The standard InChI is InChI=1S/C17H24N4O3/c1-19-17(23)14-5-9-20(10-6-14)13-16(22)21(8-3-7-18)12-15-4-2-11-24-15/h2,4,11,14H,3,5-6,8-10,12-13H2,1H3,(H,19,23). The Morgan fingerprint density at radius 3 is 2.79 bits per heavy atom. The third-order valence-corrected chi connectivity index (χ3v) is 4.34. The Morgan fingerprint density at radius 2 is 2.21 bits per heavy atom. The maximum Gasteiger partial charge on any atom is 0.237 e. The first-order valence-corrected chi connectivity index (χ1v) is 8.25. The lowest BCUT2D eigenvalue weighted by Gasteiger charge is -2.32. The topological polar surface area (TPSA) is 89.6 Å². The molecule has 1 aromatic heterocycles. The lowest BCUT2D eigenvalue weighted by atomic mass is 9.96. The minimum absolute atomic E-state index is 0.0138. The average Bonchev–Trinajstić information content (AvgIpc) is 3.11. The van der Waals surface area contributed by atoms with Crippen LogP contribution in [0.2, 0.25) is 0 Å². The van der Waals surface area contributed by atoms with Crippen molar-refractivity contribution in [1.29, 1.82) is 5.26 Å². The Morgan fingerprint density at radius 1 is 1.46 bits per heavy atom. The van der Waals surface area contributed by atoms with Crippen LogP contribution >= 0.6 is 0 Å². The van der Waals surface area contributed by atoms with Crippen LogP contribution in [0.4, 0.5) is 0 Å². The van der Waals surface area contributed by atoms with E-state index < -0.39 is 0 Å². The third-order valence-electron chi connectivity index (χ3n) is 4.34. The third kappa shape index (κ3) is 5.10. The second-order valence-corrected chi connectivity index (χ2v) is 5.97. The van der Waals surface area contributed by atoms with E-state index in [1.165, 1.54) is 0 Å². The molecule has 0 aromatic carbocycles.